The van der Waals surface area contributed by atoms with Crippen LogP contribution in [0.2, 0.25) is 0 Å². The molecule has 1 rings (SSSR count). The number of hydrogen-bond acceptors (Lipinski definition) is 2. The molecule has 0 fully saturated rings. The van der Waals surface area contributed by atoms with Crippen LogP contribution >= 0.6 is 0 Å². The van der Waals surface area contributed by atoms with E-state index in [0.717, 1.165) is 18.8 Å². The summed E-state index contributed by atoms with van der Waals surface area (Å²) in [6.07, 6.45) is 1.89. The first-order valence-corrected chi connectivity index (χ1v) is 3.94. The summed E-state index contributed by atoms with van der Waals surface area (Å²) in [5.74, 6) is 0. The van der Waals surface area contributed by atoms with Crippen LogP contribution in [0.3, 0.4) is 0 Å². The Balaban J connectivity index is 2.36. The van der Waals surface area contributed by atoms with Gasteiger partial charge >= 0.3 is 0 Å². The molecule has 1 unspecified atom stereocenters. The van der Waals surface area contributed by atoms with E-state index < -0.39 is 0 Å². The number of hydrogen-bond donors (Lipinski definition) is 3. The third-order valence-corrected chi connectivity index (χ3v) is 1.64. The van der Waals surface area contributed by atoms with Gasteiger partial charge in [-0.3, -0.25) is 0 Å². The molecule has 0 amide bonds. The minimum absolute atomic E-state index is 0.0879. The second kappa shape index (κ2) is 4.16. The summed E-state index contributed by atoms with van der Waals surface area (Å²) in [5, 5.41) is 3.19. The van der Waals surface area contributed by atoms with Gasteiger partial charge in [0, 0.05) is 18.4 Å². The van der Waals surface area contributed by atoms with E-state index in [4.69, 9.17) is 5.73 Å². The first kappa shape index (κ1) is 8.30. The molecule has 3 heteroatoms. The highest BCUT2D eigenvalue weighted by Crippen LogP contribution is 2.04. The average molecular weight is 153 g/mol. The van der Waals surface area contributed by atoms with Crippen LogP contribution in [-0.2, 0) is 0 Å². The lowest BCUT2D eigenvalue weighted by molar-refractivity contribution is 0.606. The number of nitrogens with one attached hydrogen (secondary N) is 2. The fraction of sp³-hybridized carbons (Fsp3) is 0.500. The van der Waals surface area contributed by atoms with Crippen molar-refractivity contribution in [2.75, 3.05) is 13.1 Å². The first-order valence-electron chi connectivity index (χ1n) is 3.94. The maximum Gasteiger partial charge on any atom is 0.0574 e. The Morgan fingerprint density at radius 1 is 1.73 bits per heavy atom. The molecule has 0 radical (unpaired) electrons. The van der Waals surface area contributed by atoms with E-state index in [1.54, 1.807) is 0 Å². The summed E-state index contributed by atoms with van der Waals surface area (Å²) in [4.78, 5) is 3.08. The monoisotopic (exact) mass is 153 g/mol. The van der Waals surface area contributed by atoms with Gasteiger partial charge in [0.25, 0.3) is 0 Å². The van der Waals surface area contributed by atoms with E-state index in [1.165, 1.54) is 0 Å². The molecule has 11 heavy (non-hydrogen) atoms. The summed E-state index contributed by atoms with van der Waals surface area (Å²) >= 11 is 0. The van der Waals surface area contributed by atoms with Gasteiger partial charge in [0.05, 0.1) is 6.04 Å². The normalized spacial score (nSPS) is 13.3. The predicted molar refractivity (Wildman–Crippen MR) is 46.3 cm³/mol. The Morgan fingerprint density at radius 3 is 3.09 bits per heavy atom. The predicted octanol–water partition coefficient (Wildman–Crippen LogP) is 0.624. The van der Waals surface area contributed by atoms with Crippen molar-refractivity contribution in [3.63, 3.8) is 0 Å². The number of nitrogens with two attached hydrogens (primary N) is 1. The van der Waals surface area contributed by atoms with Crippen LogP contribution in [0.5, 0.6) is 0 Å². The molecular weight excluding hydrogens is 138 g/mol. The fourth-order valence-electron chi connectivity index (χ4n) is 0.985. The summed E-state index contributed by atoms with van der Waals surface area (Å²) in [7, 11) is 0. The van der Waals surface area contributed by atoms with Crippen LogP contribution in [0.25, 0.3) is 0 Å². The summed E-state index contributed by atoms with van der Waals surface area (Å²) in [6.45, 7) is 3.87. The fourth-order valence-corrected chi connectivity index (χ4v) is 0.985. The van der Waals surface area contributed by atoms with Crippen LogP contribution in [0.4, 0.5) is 0 Å². The molecule has 0 spiro atoms. The molecule has 0 aliphatic carbocycles. The van der Waals surface area contributed by atoms with Crippen LogP contribution in [0.1, 0.15) is 18.7 Å². The highest BCUT2D eigenvalue weighted by molar-refractivity contribution is 5.08. The van der Waals surface area contributed by atoms with E-state index in [-0.39, 0.29) is 6.04 Å². The zero-order valence-corrected chi connectivity index (χ0v) is 6.80. The molecule has 0 aromatic carbocycles. The Bertz CT molecular complexity index is 181. The van der Waals surface area contributed by atoms with Gasteiger partial charge in [-0.15, -0.1) is 0 Å². The Kier molecular flexibility index (Phi) is 3.14. The maximum absolute atomic E-state index is 5.83. The summed E-state index contributed by atoms with van der Waals surface area (Å²) in [5.41, 5.74) is 6.92. The lowest BCUT2D eigenvalue weighted by atomic mass is 10.2. The van der Waals surface area contributed by atoms with Crippen LogP contribution < -0.4 is 11.1 Å². The first-order chi connectivity index (χ1) is 5.34. The lowest BCUT2D eigenvalue weighted by Gasteiger charge is -2.09. The van der Waals surface area contributed by atoms with Crippen molar-refractivity contribution in [2.24, 2.45) is 5.73 Å². The summed E-state index contributed by atoms with van der Waals surface area (Å²) < 4.78 is 0. The molecule has 3 nitrogen and oxygen atoms in total. The third kappa shape index (κ3) is 2.37. The molecule has 1 heterocycles. The number of rotatable bonds is 4. The van der Waals surface area contributed by atoms with E-state index >= 15 is 0 Å². The van der Waals surface area contributed by atoms with Crippen LogP contribution in [0.15, 0.2) is 18.3 Å². The topological polar surface area (TPSA) is 53.8 Å². The average Bonchev–Trinajstić information content (AvgIpc) is 2.52. The largest absolute Gasteiger partial charge is 0.364 e. The molecular formula is C8H15N3. The van der Waals surface area contributed by atoms with E-state index in [9.17, 15) is 0 Å². The molecule has 0 bridgehead atoms. The van der Waals surface area contributed by atoms with E-state index in [2.05, 4.69) is 17.2 Å². The van der Waals surface area contributed by atoms with Crippen LogP contribution in [0, 0.1) is 0 Å². The molecule has 1 aromatic rings. The maximum atomic E-state index is 5.83. The van der Waals surface area contributed by atoms with E-state index in [0.29, 0.717) is 0 Å². The van der Waals surface area contributed by atoms with Gasteiger partial charge in [-0.1, -0.05) is 6.92 Å². The van der Waals surface area contributed by atoms with Gasteiger partial charge in [0.1, 0.15) is 0 Å². The van der Waals surface area contributed by atoms with Gasteiger partial charge in [-0.2, -0.15) is 0 Å². The lowest BCUT2D eigenvalue weighted by Crippen LogP contribution is -2.26. The second-order valence-corrected chi connectivity index (χ2v) is 2.54. The van der Waals surface area contributed by atoms with E-state index in [1.807, 2.05) is 18.3 Å². The minimum atomic E-state index is 0.0879. The van der Waals surface area contributed by atoms with Crippen molar-refractivity contribution < 1.29 is 0 Å². The molecule has 62 valence electrons. The number of likely N-dealkylation sites (N-methyl/N-ethyl adjacent to an activating group) is 1. The quantitative estimate of drug-likeness (QED) is 0.594. The third-order valence-electron chi connectivity index (χ3n) is 1.64. The smallest absolute Gasteiger partial charge is 0.0574 e. The number of aromatic nitrogens is 1. The molecule has 1 atom stereocenters. The second-order valence-electron chi connectivity index (χ2n) is 2.54. The van der Waals surface area contributed by atoms with Gasteiger partial charge in [0.15, 0.2) is 0 Å². The molecule has 0 aliphatic heterocycles. The van der Waals surface area contributed by atoms with Crippen molar-refractivity contribution >= 4 is 0 Å². The van der Waals surface area contributed by atoms with Gasteiger partial charge in [-0.05, 0) is 18.7 Å². The molecule has 1 aromatic heterocycles. The molecule has 0 aliphatic rings. The van der Waals surface area contributed by atoms with Crippen molar-refractivity contribution in [3.8, 4) is 0 Å². The number of H-pyrrole nitrogens is 1. The van der Waals surface area contributed by atoms with Crippen molar-refractivity contribution in [2.45, 2.75) is 13.0 Å². The molecule has 0 saturated heterocycles. The highest BCUT2D eigenvalue weighted by atomic mass is 14.9. The Morgan fingerprint density at radius 2 is 2.55 bits per heavy atom. The van der Waals surface area contributed by atoms with Gasteiger partial charge in [0.2, 0.25) is 0 Å². The van der Waals surface area contributed by atoms with Gasteiger partial charge in [-0.25, -0.2) is 0 Å². The van der Waals surface area contributed by atoms with Crippen LogP contribution in [-0.4, -0.2) is 18.1 Å². The zero-order valence-electron chi connectivity index (χ0n) is 6.80. The zero-order chi connectivity index (χ0) is 8.10. The minimum Gasteiger partial charge on any atom is -0.364 e. The van der Waals surface area contributed by atoms with Crippen molar-refractivity contribution in [1.29, 1.82) is 0 Å². The molecule has 0 saturated carbocycles. The summed E-state index contributed by atoms with van der Waals surface area (Å²) in [6, 6.07) is 4.05. The SMILES string of the molecule is CCNCC(N)c1ccc[nH]1. The standard InChI is InChI=1S/C8H15N3/c1-2-10-6-7(9)8-4-3-5-11-8/h3-5,7,10-11H,2,6,9H2,1H3. The Hall–Kier alpha value is -0.800. The van der Waals surface area contributed by atoms with Crippen molar-refractivity contribution in [1.82, 2.24) is 10.3 Å². The highest BCUT2D eigenvalue weighted by Gasteiger charge is 2.03. The van der Waals surface area contributed by atoms with Crippen molar-refractivity contribution in [3.05, 3.63) is 24.0 Å². The molecule has 4 N–H and O–H groups in total. The number of aromatic amines is 1. The Labute approximate surface area is 67.0 Å². The van der Waals surface area contributed by atoms with Gasteiger partial charge < -0.3 is 16.0 Å².